The van der Waals surface area contributed by atoms with Gasteiger partial charge in [0.25, 0.3) is 0 Å². The Bertz CT molecular complexity index is 707. The van der Waals surface area contributed by atoms with Crippen molar-refractivity contribution in [2.24, 2.45) is 5.92 Å². The van der Waals surface area contributed by atoms with Crippen molar-refractivity contribution in [3.63, 3.8) is 0 Å². The molecule has 0 radical (unpaired) electrons. The second kappa shape index (κ2) is 7.99. The van der Waals surface area contributed by atoms with Crippen LogP contribution in [0.3, 0.4) is 0 Å². The van der Waals surface area contributed by atoms with Crippen LogP contribution >= 0.6 is 0 Å². The van der Waals surface area contributed by atoms with Crippen LogP contribution in [0.1, 0.15) is 43.4 Å². The Morgan fingerprint density at radius 2 is 1.89 bits per heavy atom. The minimum atomic E-state index is 0.299. The van der Waals surface area contributed by atoms with Gasteiger partial charge < -0.3 is 10.2 Å². The lowest BCUT2D eigenvalue weighted by Crippen LogP contribution is -2.55. The number of pyridine rings is 1. The molecule has 152 valence electrons. The van der Waals surface area contributed by atoms with Gasteiger partial charge in [-0.25, -0.2) is 4.98 Å². The molecule has 3 fully saturated rings. The van der Waals surface area contributed by atoms with Crippen molar-refractivity contribution in [2.75, 3.05) is 51.1 Å². The molecule has 2 saturated carbocycles. The number of nitrogens with one attached hydrogen (secondary N) is 1. The third kappa shape index (κ3) is 4.18. The summed E-state index contributed by atoms with van der Waals surface area (Å²) in [5.74, 6) is 2.17. The molecule has 28 heavy (non-hydrogen) atoms. The maximum Gasteiger partial charge on any atom is 0.236 e. The van der Waals surface area contributed by atoms with Gasteiger partial charge in [-0.1, -0.05) is 12.5 Å². The third-order valence-electron chi connectivity index (χ3n) is 7.01. The summed E-state index contributed by atoms with van der Waals surface area (Å²) in [6, 6.07) is 5.10. The molecule has 2 aliphatic carbocycles. The summed E-state index contributed by atoms with van der Waals surface area (Å²) >= 11 is 0. The van der Waals surface area contributed by atoms with Gasteiger partial charge in [-0.05, 0) is 43.2 Å². The van der Waals surface area contributed by atoms with E-state index < -0.39 is 0 Å². The number of hydrogen-bond donors (Lipinski definition) is 1. The molecule has 3 heterocycles. The van der Waals surface area contributed by atoms with Crippen molar-refractivity contribution in [1.82, 2.24) is 19.7 Å². The SMILES string of the molecule is O=C(CN1CCc2nc(NCC3CC3)ccc2C1)N1CCN(C2CCC2)CC1. The van der Waals surface area contributed by atoms with E-state index in [1.165, 1.54) is 43.4 Å². The molecule has 1 aromatic heterocycles. The van der Waals surface area contributed by atoms with Gasteiger partial charge in [0.15, 0.2) is 0 Å². The van der Waals surface area contributed by atoms with E-state index in [9.17, 15) is 4.79 Å². The number of rotatable bonds is 6. The zero-order valence-electron chi connectivity index (χ0n) is 16.9. The first-order valence-electron chi connectivity index (χ1n) is 11.2. The number of anilines is 1. The van der Waals surface area contributed by atoms with Crippen LogP contribution in [0.25, 0.3) is 0 Å². The van der Waals surface area contributed by atoms with Gasteiger partial charge in [0.2, 0.25) is 5.91 Å². The Labute approximate surface area is 168 Å². The largest absolute Gasteiger partial charge is 0.370 e. The lowest BCUT2D eigenvalue weighted by molar-refractivity contribution is -0.135. The number of fused-ring (bicyclic) bond motifs is 1. The Kier molecular flexibility index (Phi) is 5.24. The normalized spacial score (nSPS) is 23.9. The monoisotopic (exact) mass is 383 g/mol. The molecular weight excluding hydrogens is 350 g/mol. The average Bonchev–Trinajstić information content (AvgIpc) is 3.50. The molecule has 0 unspecified atom stereocenters. The molecule has 6 nitrogen and oxygen atoms in total. The van der Waals surface area contributed by atoms with E-state index in [0.717, 1.165) is 70.0 Å². The fourth-order valence-corrected chi connectivity index (χ4v) is 4.66. The first-order valence-corrected chi connectivity index (χ1v) is 11.2. The molecule has 0 atom stereocenters. The van der Waals surface area contributed by atoms with Crippen LogP contribution in [0.2, 0.25) is 0 Å². The van der Waals surface area contributed by atoms with Crippen molar-refractivity contribution >= 4 is 11.7 Å². The topological polar surface area (TPSA) is 51.7 Å². The average molecular weight is 384 g/mol. The molecule has 5 rings (SSSR count). The van der Waals surface area contributed by atoms with Gasteiger partial charge in [0.05, 0.1) is 6.54 Å². The second-order valence-electron chi connectivity index (χ2n) is 9.09. The number of amides is 1. The molecule has 0 spiro atoms. The van der Waals surface area contributed by atoms with Gasteiger partial charge in [0, 0.05) is 64.0 Å². The van der Waals surface area contributed by atoms with E-state index in [1.807, 2.05) is 0 Å². The van der Waals surface area contributed by atoms with Crippen molar-refractivity contribution in [2.45, 2.75) is 51.1 Å². The summed E-state index contributed by atoms with van der Waals surface area (Å²) in [5.41, 5.74) is 2.49. The summed E-state index contributed by atoms with van der Waals surface area (Å²) in [6.07, 6.45) is 7.75. The first-order chi connectivity index (χ1) is 13.7. The van der Waals surface area contributed by atoms with Gasteiger partial charge in [-0.15, -0.1) is 0 Å². The Morgan fingerprint density at radius 1 is 1.07 bits per heavy atom. The van der Waals surface area contributed by atoms with Crippen molar-refractivity contribution < 1.29 is 4.79 Å². The standard InChI is InChI=1S/C22H33N5O/c28-22(27-12-10-26(11-13-27)19-2-1-3-19)16-25-9-8-20-18(15-25)6-7-21(24-20)23-14-17-4-5-17/h6-7,17,19H,1-5,8-16H2,(H,23,24). The van der Waals surface area contributed by atoms with E-state index in [-0.39, 0.29) is 0 Å². The zero-order chi connectivity index (χ0) is 18.9. The smallest absolute Gasteiger partial charge is 0.236 e. The molecule has 4 aliphatic rings. The molecule has 0 bridgehead atoms. The molecule has 0 aromatic carbocycles. The van der Waals surface area contributed by atoms with E-state index >= 15 is 0 Å². The van der Waals surface area contributed by atoms with Crippen LogP contribution in [0.15, 0.2) is 12.1 Å². The van der Waals surface area contributed by atoms with Crippen LogP contribution < -0.4 is 5.32 Å². The van der Waals surface area contributed by atoms with Crippen LogP contribution in [0, 0.1) is 5.92 Å². The van der Waals surface area contributed by atoms with Gasteiger partial charge in [0.1, 0.15) is 5.82 Å². The van der Waals surface area contributed by atoms with Crippen LogP contribution in [0.4, 0.5) is 5.82 Å². The fraction of sp³-hybridized carbons (Fsp3) is 0.727. The van der Waals surface area contributed by atoms with Crippen molar-refractivity contribution in [3.05, 3.63) is 23.4 Å². The number of aromatic nitrogens is 1. The van der Waals surface area contributed by atoms with Gasteiger partial charge in [-0.3, -0.25) is 14.6 Å². The van der Waals surface area contributed by atoms with Crippen LogP contribution in [0.5, 0.6) is 0 Å². The molecule has 1 amide bonds. The summed E-state index contributed by atoms with van der Waals surface area (Å²) < 4.78 is 0. The van der Waals surface area contributed by atoms with E-state index in [2.05, 4.69) is 32.1 Å². The highest BCUT2D eigenvalue weighted by Gasteiger charge is 2.30. The number of carbonyl (C=O) groups excluding carboxylic acids is 1. The number of piperazine rings is 1. The molecule has 6 heteroatoms. The highest BCUT2D eigenvalue weighted by atomic mass is 16.2. The lowest BCUT2D eigenvalue weighted by atomic mass is 9.91. The molecule has 1 N–H and O–H groups in total. The maximum absolute atomic E-state index is 12.8. The van der Waals surface area contributed by atoms with Gasteiger partial charge >= 0.3 is 0 Å². The molecule has 2 aliphatic heterocycles. The minimum absolute atomic E-state index is 0.299. The van der Waals surface area contributed by atoms with Crippen molar-refractivity contribution in [1.29, 1.82) is 0 Å². The van der Waals surface area contributed by atoms with E-state index in [4.69, 9.17) is 4.98 Å². The zero-order valence-corrected chi connectivity index (χ0v) is 16.9. The molecule has 1 aromatic rings. The van der Waals surface area contributed by atoms with Gasteiger partial charge in [-0.2, -0.15) is 0 Å². The predicted molar refractivity (Wildman–Crippen MR) is 110 cm³/mol. The summed E-state index contributed by atoms with van der Waals surface area (Å²) in [6.45, 7) is 7.29. The first kappa shape index (κ1) is 18.4. The van der Waals surface area contributed by atoms with Crippen molar-refractivity contribution in [3.8, 4) is 0 Å². The quantitative estimate of drug-likeness (QED) is 0.814. The van der Waals surface area contributed by atoms with E-state index in [1.54, 1.807) is 0 Å². The second-order valence-corrected chi connectivity index (χ2v) is 9.09. The summed E-state index contributed by atoms with van der Waals surface area (Å²) in [7, 11) is 0. The van der Waals surface area contributed by atoms with E-state index in [0.29, 0.717) is 12.5 Å². The number of hydrogen-bond acceptors (Lipinski definition) is 5. The van der Waals surface area contributed by atoms with Crippen LogP contribution in [-0.4, -0.2) is 77.4 Å². The number of carbonyl (C=O) groups is 1. The Balaban J connectivity index is 1.10. The molecular formula is C22H33N5O. The third-order valence-corrected chi connectivity index (χ3v) is 7.01. The minimum Gasteiger partial charge on any atom is -0.370 e. The highest BCUT2D eigenvalue weighted by molar-refractivity contribution is 5.78. The highest BCUT2D eigenvalue weighted by Crippen LogP contribution is 2.29. The number of nitrogens with zero attached hydrogens (tertiary/aromatic N) is 4. The summed E-state index contributed by atoms with van der Waals surface area (Å²) in [5, 5.41) is 3.47. The Morgan fingerprint density at radius 3 is 2.61 bits per heavy atom. The summed E-state index contributed by atoms with van der Waals surface area (Å²) in [4.78, 5) is 24.6. The predicted octanol–water partition coefficient (Wildman–Crippen LogP) is 1.96. The van der Waals surface area contributed by atoms with Crippen LogP contribution in [-0.2, 0) is 17.8 Å². The maximum atomic E-state index is 12.8. The molecule has 1 saturated heterocycles. The Hall–Kier alpha value is -1.66. The fourth-order valence-electron chi connectivity index (χ4n) is 4.66. The lowest BCUT2D eigenvalue weighted by Gasteiger charge is -2.43.